The molecule has 1 aromatic carbocycles. The monoisotopic (exact) mass is 420 g/mol. The summed E-state index contributed by atoms with van der Waals surface area (Å²) in [6.45, 7) is 2.13. The standard InChI is InChI=1S/C21H24N8O2/c1-22-21(25-13-18-27-26-17-4-2-3-10-29(17)18)24-12-15-5-7-16(8-6-15)20(31)28-11-9-23-19(30)14-28/h2-8,10H,9,11-14H2,1H3,(H,23,30)(H2,22,24,25). The third-order valence-corrected chi connectivity index (χ3v) is 5.01. The Hall–Kier alpha value is -3.95. The molecule has 1 aliphatic rings. The first-order valence-corrected chi connectivity index (χ1v) is 10.0. The number of amides is 2. The average molecular weight is 420 g/mol. The molecule has 0 bridgehead atoms. The lowest BCUT2D eigenvalue weighted by atomic mass is 10.1. The van der Waals surface area contributed by atoms with Crippen molar-refractivity contribution in [2.75, 3.05) is 26.7 Å². The van der Waals surface area contributed by atoms with Crippen LogP contribution in [0.5, 0.6) is 0 Å². The third kappa shape index (κ3) is 4.80. The number of guanidine groups is 1. The number of aromatic nitrogens is 3. The molecule has 4 rings (SSSR count). The first kappa shape index (κ1) is 20.3. The highest BCUT2D eigenvalue weighted by molar-refractivity contribution is 5.97. The minimum absolute atomic E-state index is 0.103. The van der Waals surface area contributed by atoms with Gasteiger partial charge < -0.3 is 20.9 Å². The highest BCUT2D eigenvalue weighted by atomic mass is 16.2. The number of nitrogens with zero attached hydrogens (tertiary/aromatic N) is 5. The van der Waals surface area contributed by atoms with E-state index in [-0.39, 0.29) is 18.4 Å². The molecule has 2 amide bonds. The van der Waals surface area contributed by atoms with E-state index < -0.39 is 0 Å². The molecule has 1 saturated heterocycles. The molecular weight excluding hydrogens is 396 g/mol. The van der Waals surface area contributed by atoms with Crippen LogP contribution in [0, 0.1) is 0 Å². The highest BCUT2D eigenvalue weighted by Gasteiger charge is 2.22. The van der Waals surface area contributed by atoms with E-state index in [9.17, 15) is 9.59 Å². The van der Waals surface area contributed by atoms with Crippen molar-refractivity contribution in [2.24, 2.45) is 4.99 Å². The van der Waals surface area contributed by atoms with E-state index in [2.05, 4.69) is 31.1 Å². The predicted octanol–water partition coefficient (Wildman–Crippen LogP) is 0.167. The van der Waals surface area contributed by atoms with Gasteiger partial charge in [-0.05, 0) is 29.8 Å². The van der Waals surface area contributed by atoms with Crippen molar-refractivity contribution in [2.45, 2.75) is 13.1 Å². The molecule has 0 radical (unpaired) electrons. The van der Waals surface area contributed by atoms with Crippen LogP contribution in [0.25, 0.3) is 5.65 Å². The molecule has 0 saturated carbocycles. The Labute approximate surface area is 179 Å². The number of hydrogen-bond acceptors (Lipinski definition) is 5. The van der Waals surface area contributed by atoms with Crippen molar-refractivity contribution < 1.29 is 9.59 Å². The second kappa shape index (κ2) is 9.24. The lowest BCUT2D eigenvalue weighted by Gasteiger charge is -2.26. The fraction of sp³-hybridized carbons (Fsp3) is 0.286. The molecule has 0 atom stereocenters. The van der Waals surface area contributed by atoms with Gasteiger partial charge in [-0.1, -0.05) is 18.2 Å². The van der Waals surface area contributed by atoms with Gasteiger partial charge in [-0.25, -0.2) is 0 Å². The molecule has 2 aromatic heterocycles. The summed E-state index contributed by atoms with van der Waals surface area (Å²) < 4.78 is 1.92. The Morgan fingerprint density at radius 1 is 1.13 bits per heavy atom. The van der Waals surface area contributed by atoms with E-state index in [4.69, 9.17) is 0 Å². The number of carbonyl (C=O) groups is 2. The Morgan fingerprint density at radius 2 is 1.94 bits per heavy atom. The van der Waals surface area contributed by atoms with Crippen molar-refractivity contribution in [1.29, 1.82) is 0 Å². The maximum atomic E-state index is 12.5. The Balaban J connectivity index is 1.30. The van der Waals surface area contributed by atoms with Gasteiger partial charge in [0.25, 0.3) is 5.91 Å². The maximum absolute atomic E-state index is 12.5. The Kier molecular flexibility index (Phi) is 6.06. The highest BCUT2D eigenvalue weighted by Crippen LogP contribution is 2.09. The van der Waals surface area contributed by atoms with Crippen LogP contribution >= 0.6 is 0 Å². The molecule has 31 heavy (non-hydrogen) atoms. The van der Waals surface area contributed by atoms with Crippen LogP contribution in [-0.2, 0) is 17.9 Å². The van der Waals surface area contributed by atoms with Crippen LogP contribution in [0.4, 0.5) is 0 Å². The lowest BCUT2D eigenvalue weighted by molar-refractivity contribution is -0.123. The van der Waals surface area contributed by atoms with Gasteiger partial charge in [-0.15, -0.1) is 10.2 Å². The minimum atomic E-state index is -0.132. The number of hydrogen-bond donors (Lipinski definition) is 3. The maximum Gasteiger partial charge on any atom is 0.254 e. The Bertz CT molecular complexity index is 1110. The number of piperazine rings is 1. The molecule has 10 heteroatoms. The normalized spacial score (nSPS) is 14.4. The zero-order valence-corrected chi connectivity index (χ0v) is 17.2. The number of nitrogens with one attached hydrogen (secondary N) is 3. The molecule has 3 heterocycles. The summed E-state index contributed by atoms with van der Waals surface area (Å²) in [6, 6.07) is 13.1. The van der Waals surface area contributed by atoms with Gasteiger partial charge in [0.2, 0.25) is 5.91 Å². The zero-order valence-electron chi connectivity index (χ0n) is 17.2. The molecule has 0 unspecified atom stereocenters. The van der Waals surface area contributed by atoms with Gasteiger partial charge in [0.15, 0.2) is 17.4 Å². The van der Waals surface area contributed by atoms with Crippen molar-refractivity contribution in [3.8, 4) is 0 Å². The van der Waals surface area contributed by atoms with Crippen molar-refractivity contribution >= 4 is 23.4 Å². The smallest absolute Gasteiger partial charge is 0.254 e. The topological polar surface area (TPSA) is 116 Å². The number of benzene rings is 1. The molecule has 1 fully saturated rings. The van der Waals surface area contributed by atoms with E-state index >= 15 is 0 Å². The van der Waals surface area contributed by atoms with Gasteiger partial charge in [0.05, 0.1) is 13.1 Å². The minimum Gasteiger partial charge on any atom is -0.353 e. The predicted molar refractivity (Wildman–Crippen MR) is 115 cm³/mol. The van der Waals surface area contributed by atoms with Crippen LogP contribution in [0.2, 0.25) is 0 Å². The second-order valence-corrected chi connectivity index (χ2v) is 7.10. The molecule has 160 valence electrons. The van der Waals surface area contributed by atoms with Gasteiger partial charge in [0.1, 0.15) is 0 Å². The van der Waals surface area contributed by atoms with Crippen molar-refractivity contribution in [1.82, 2.24) is 35.4 Å². The zero-order chi connectivity index (χ0) is 21.6. The van der Waals surface area contributed by atoms with E-state index in [0.29, 0.717) is 37.7 Å². The summed E-state index contributed by atoms with van der Waals surface area (Å²) in [5.41, 5.74) is 2.37. The molecule has 3 N–H and O–H groups in total. The molecule has 3 aromatic rings. The van der Waals surface area contributed by atoms with E-state index in [1.165, 1.54) is 0 Å². The first-order chi connectivity index (χ1) is 15.1. The summed E-state index contributed by atoms with van der Waals surface area (Å²) in [4.78, 5) is 29.8. The summed E-state index contributed by atoms with van der Waals surface area (Å²) in [5.74, 6) is 1.16. The molecule has 0 aliphatic carbocycles. The number of aliphatic imine (C=N–C) groups is 1. The summed E-state index contributed by atoms with van der Waals surface area (Å²) in [5, 5.41) is 17.5. The van der Waals surface area contributed by atoms with E-state index in [1.807, 2.05) is 40.9 Å². The summed E-state index contributed by atoms with van der Waals surface area (Å²) in [7, 11) is 1.70. The molecule has 1 aliphatic heterocycles. The lowest BCUT2D eigenvalue weighted by Crippen LogP contribution is -2.49. The number of rotatable bonds is 5. The number of fused-ring (bicyclic) bond motifs is 1. The number of pyridine rings is 1. The number of carbonyl (C=O) groups excluding carboxylic acids is 2. The van der Waals surface area contributed by atoms with Gasteiger partial charge in [-0.3, -0.25) is 19.0 Å². The quantitative estimate of drug-likeness (QED) is 0.400. The Morgan fingerprint density at radius 3 is 2.71 bits per heavy atom. The summed E-state index contributed by atoms with van der Waals surface area (Å²) in [6.07, 6.45) is 1.92. The van der Waals surface area contributed by atoms with Crippen molar-refractivity contribution in [3.63, 3.8) is 0 Å². The molecule has 10 nitrogen and oxygen atoms in total. The average Bonchev–Trinajstić information content (AvgIpc) is 3.22. The van der Waals surface area contributed by atoms with Gasteiger partial charge in [0, 0.05) is 38.4 Å². The van der Waals surface area contributed by atoms with Gasteiger partial charge in [-0.2, -0.15) is 0 Å². The fourth-order valence-electron chi connectivity index (χ4n) is 3.34. The fourth-order valence-corrected chi connectivity index (χ4v) is 3.34. The van der Waals surface area contributed by atoms with Crippen LogP contribution in [0.15, 0.2) is 53.7 Å². The van der Waals surface area contributed by atoms with Crippen LogP contribution in [0.1, 0.15) is 21.7 Å². The molecule has 0 spiro atoms. The summed E-state index contributed by atoms with van der Waals surface area (Å²) >= 11 is 0. The van der Waals surface area contributed by atoms with Gasteiger partial charge >= 0.3 is 0 Å². The SMILES string of the molecule is CN=C(NCc1ccc(C(=O)N2CCNC(=O)C2)cc1)NCc1nnc2ccccn12. The third-order valence-electron chi connectivity index (χ3n) is 5.01. The van der Waals surface area contributed by atoms with Crippen LogP contribution in [-0.4, -0.2) is 64.0 Å². The van der Waals surface area contributed by atoms with Crippen molar-refractivity contribution in [3.05, 3.63) is 65.6 Å². The van der Waals surface area contributed by atoms with Crippen LogP contribution < -0.4 is 16.0 Å². The second-order valence-electron chi connectivity index (χ2n) is 7.10. The van der Waals surface area contributed by atoms with E-state index in [0.717, 1.165) is 17.0 Å². The molecular formula is C21H24N8O2. The van der Waals surface area contributed by atoms with Crippen LogP contribution in [0.3, 0.4) is 0 Å². The van der Waals surface area contributed by atoms with E-state index in [1.54, 1.807) is 24.1 Å². The largest absolute Gasteiger partial charge is 0.353 e. The first-order valence-electron chi connectivity index (χ1n) is 10.0.